The van der Waals surface area contributed by atoms with Crippen LogP contribution in [0.2, 0.25) is 0 Å². The standard InChI is InChI=1S/C20H22/c1-3-4-5-6-7-8-9-10-18-12-14-19-15-17(2)11-13-20(19)16-18/h3-7,11-16H,1,8-10H2,2H3/b5-4-,7-6-. The first-order valence-electron chi connectivity index (χ1n) is 7.23. The highest BCUT2D eigenvalue weighted by atomic mass is 14.0. The zero-order valence-corrected chi connectivity index (χ0v) is 12.2. The van der Waals surface area contributed by atoms with Crippen molar-refractivity contribution in [2.45, 2.75) is 26.2 Å². The molecule has 0 saturated carbocycles. The summed E-state index contributed by atoms with van der Waals surface area (Å²) in [5, 5.41) is 2.68. The molecule has 2 rings (SSSR count). The summed E-state index contributed by atoms with van der Waals surface area (Å²) in [6, 6.07) is 13.4. The highest BCUT2D eigenvalue weighted by Crippen LogP contribution is 2.18. The lowest BCUT2D eigenvalue weighted by Gasteiger charge is -2.04. The molecule has 0 spiro atoms. The number of hydrogen-bond acceptors (Lipinski definition) is 0. The zero-order chi connectivity index (χ0) is 14.2. The van der Waals surface area contributed by atoms with Gasteiger partial charge in [-0.2, -0.15) is 0 Å². The fourth-order valence-corrected chi connectivity index (χ4v) is 2.31. The lowest BCUT2D eigenvalue weighted by Crippen LogP contribution is -1.85. The zero-order valence-electron chi connectivity index (χ0n) is 12.2. The second-order valence-electron chi connectivity index (χ2n) is 5.13. The topological polar surface area (TPSA) is 0 Å². The Morgan fingerprint density at radius 1 is 0.950 bits per heavy atom. The van der Waals surface area contributed by atoms with Crippen LogP contribution < -0.4 is 0 Å². The Hall–Kier alpha value is -2.08. The van der Waals surface area contributed by atoms with Gasteiger partial charge < -0.3 is 0 Å². The number of hydrogen-bond donors (Lipinski definition) is 0. The third-order valence-corrected chi connectivity index (χ3v) is 3.39. The first kappa shape index (κ1) is 14.3. The van der Waals surface area contributed by atoms with Crippen molar-refractivity contribution in [3.05, 3.63) is 84.5 Å². The van der Waals surface area contributed by atoms with Crippen LogP contribution in [0.5, 0.6) is 0 Å². The maximum atomic E-state index is 3.64. The molecule has 0 nitrogen and oxygen atoms in total. The van der Waals surface area contributed by atoms with Gasteiger partial charge in [-0.3, -0.25) is 0 Å². The highest BCUT2D eigenvalue weighted by Gasteiger charge is 1.97. The maximum absolute atomic E-state index is 3.64. The van der Waals surface area contributed by atoms with Gasteiger partial charge in [-0.1, -0.05) is 78.9 Å². The highest BCUT2D eigenvalue weighted by molar-refractivity contribution is 5.83. The van der Waals surface area contributed by atoms with Gasteiger partial charge >= 0.3 is 0 Å². The quantitative estimate of drug-likeness (QED) is 0.458. The van der Waals surface area contributed by atoms with Gasteiger partial charge in [-0.15, -0.1) is 0 Å². The van der Waals surface area contributed by atoms with Gasteiger partial charge in [0.25, 0.3) is 0 Å². The molecular formula is C20H22. The van der Waals surface area contributed by atoms with E-state index < -0.39 is 0 Å². The van der Waals surface area contributed by atoms with Gasteiger partial charge in [-0.25, -0.2) is 0 Å². The van der Waals surface area contributed by atoms with Crippen LogP contribution in [0.15, 0.2) is 73.4 Å². The second-order valence-corrected chi connectivity index (χ2v) is 5.13. The molecule has 0 amide bonds. The van der Waals surface area contributed by atoms with Crippen LogP contribution in [0.1, 0.15) is 24.0 Å². The van der Waals surface area contributed by atoms with E-state index in [1.54, 1.807) is 6.08 Å². The van der Waals surface area contributed by atoms with E-state index in [4.69, 9.17) is 0 Å². The number of benzene rings is 2. The van der Waals surface area contributed by atoms with Crippen molar-refractivity contribution in [1.29, 1.82) is 0 Å². The molecule has 20 heavy (non-hydrogen) atoms. The van der Waals surface area contributed by atoms with Gasteiger partial charge in [0.2, 0.25) is 0 Å². The number of rotatable bonds is 6. The third-order valence-electron chi connectivity index (χ3n) is 3.39. The Morgan fingerprint density at radius 2 is 1.75 bits per heavy atom. The molecule has 0 N–H and O–H groups in total. The van der Waals surface area contributed by atoms with Crippen LogP contribution >= 0.6 is 0 Å². The molecule has 0 radical (unpaired) electrons. The molecule has 0 heteroatoms. The third kappa shape index (κ3) is 4.24. The minimum absolute atomic E-state index is 1.12. The Kier molecular flexibility index (Phi) is 5.37. The van der Waals surface area contributed by atoms with Crippen LogP contribution in [0.3, 0.4) is 0 Å². The summed E-state index contributed by atoms with van der Waals surface area (Å²) in [4.78, 5) is 0. The molecule has 0 heterocycles. The van der Waals surface area contributed by atoms with Crippen LogP contribution in [-0.4, -0.2) is 0 Å². The van der Waals surface area contributed by atoms with E-state index in [1.165, 1.54) is 28.3 Å². The maximum Gasteiger partial charge on any atom is -0.0181 e. The van der Waals surface area contributed by atoms with Gasteiger partial charge in [0.1, 0.15) is 0 Å². The molecule has 0 aliphatic carbocycles. The van der Waals surface area contributed by atoms with Gasteiger partial charge in [-0.05, 0) is 42.5 Å². The van der Waals surface area contributed by atoms with Crippen LogP contribution in [0, 0.1) is 6.92 Å². The van der Waals surface area contributed by atoms with Gasteiger partial charge in [0, 0.05) is 0 Å². The van der Waals surface area contributed by atoms with Gasteiger partial charge in [0.05, 0.1) is 0 Å². The molecule has 0 unspecified atom stereocenters. The molecule has 2 aromatic rings. The average molecular weight is 262 g/mol. The largest absolute Gasteiger partial charge is 0.0991 e. The fraction of sp³-hybridized carbons (Fsp3) is 0.200. The summed E-state index contributed by atoms with van der Waals surface area (Å²) >= 11 is 0. The molecular weight excluding hydrogens is 240 g/mol. The Morgan fingerprint density at radius 3 is 2.60 bits per heavy atom. The molecule has 0 aliphatic heterocycles. The van der Waals surface area contributed by atoms with Crippen LogP contribution in [-0.2, 0) is 6.42 Å². The molecule has 0 aromatic heterocycles. The Bertz CT molecular complexity index is 630. The van der Waals surface area contributed by atoms with E-state index in [0.29, 0.717) is 0 Å². The van der Waals surface area contributed by atoms with Crippen molar-refractivity contribution in [2.75, 3.05) is 0 Å². The first-order valence-corrected chi connectivity index (χ1v) is 7.23. The Balaban J connectivity index is 1.90. The summed E-state index contributed by atoms with van der Waals surface area (Å²) in [5.74, 6) is 0. The van der Waals surface area contributed by atoms with Crippen LogP contribution in [0.25, 0.3) is 10.8 Å². The average Bonchev–Trinajstić information content (AvgIpc) is 2.46. The van der Waals surface area contributed by atoms with E-state index in [9.17, 15) is 0 Å². The normalized spacial score (nSPS) is 11.7. The predicted octanol–water partition coefficient (Wildman–Crippen LogP) is 5.77. The molecule has 0 bridgehead atoms. The summed E-state index contributed by atoms with van der Waals surface area (Å²) < 4.78 is 0. The lowest BCUT2D eigenvalue weighted by atomic mass is 10.0. The summed E-state index contributed by atoms with van der Waals surface area (Å²) in [7, 11) is 0. The molecule has 2 aromatic carbocycles. The van der Waals surface area contributed by atoms with E-state index in [1.807, 2.05) is 12.2 Å². The van der Waals surface area contributed by atoms with Crippen molar-refractivity contribution < 1.29 is 0 Å². The van der Waals surface area contributed by atoms with Gasteiger partial charge in [0.15, 0.2) is 0 Å². The Labute approximate surface area is 122 Å². The van der Waals surface area contributed by atoms with Crippen LogP contribution in [0.4, 0.5) is 0 Å². The first-order chi connectivity index (χ1) is 9.79. The minimum Gasteiger partial charge on any atom is -0.0991 e. The molecule has 0 atom stereocenters. The van der Waals surface area contributed by atoms with E-state index >= 15 is 0 Å². The SMILES string of the molecule is C=C/C=C\C=C/CCCc1ccc2cc(C)ccc2c1. The van der Waals surface area contributed by atoms with Crippen molar-refractivity contribution >= 4 is 10.8 Å². The minimum atomic E-state index is 1.12. The van der Waals surface area contributed by atoms with Crippen molar-refractivity contribution in [1.82, 2.24) is 0 Å². The van der Waals surface area contributed by atoms with Crippen molar-refractivity contribution in [2.24, 2.45) is 0 Å². The summed E-state index contributed by atoms with van der Waals surface area (Å²) in [5.41, 5.74) is 2.75. The molecule has 0 aliphatic rings. The fourth-order valence-electron chi connectivity index (χ4n) is 2.31. The second kappa shape index (κ2) is 7.49. The van der Waals surface area contributed by atoms with E-state index in [-0.39, 0.29) is 0 Å². The summed E-state index contributed by atoms with van der Waals surface area (Å²) in [6.07, 6.45) is 13.5. The number of unbranched alkanes of at least 4 members (excludes halogenated alkanes) is 1. The monoisotopic (exact) mass is 262 g/mol. The predicted molar refractivity (Wildman–Crippen MR) is 90.1 cm³/mol. The van der Waals surface area contributed by atoms with Crippen molar-refractivity contribution in [3.8, 4) is 0 Å². The van der Waals surface area contributed by atoms with E-state index in [2.05, 4.69) is 62.1 Å². The number of aryl methyl sites for hydroxylation is 2. The lowest BCUT2D eigenvalue weighted by molar-refractivity contribution is 0.844. The van der Waals surface area contributed by atoms with Crippen molar-refractivity contribution in [3.63, 3.8) is 0 Å². The smallest absolute Gasteiger partial charge is 0.0181 e. The molecule has 0 fully saturated rings. The number of fused-ring (bicyclic) bond motifs is 1. The summed E-state index contributed by atoms with van der Waals surface area (Å²) in [6.45, 7) is 5.78. The number of allylic oxidation sites excluding steroid dienone is 5. The van der Waals surface area contributed by atoms with E-state index in [0.717, 1.165) is 12.8 Å². The molecule has 0 saturated heterocycles. The molecule has 102 valence electrons.